The van der Waals surface area contributed by atoms with Gasteiger partial charge in [-0.3, -0.25) is 0 Å². The molecule has 35 heavy (non-hydrogen) atoms. The van der Waals surface area contributed by atoms with E-state index in [9.17, 15) is 8.42 Å². The van der Waals surface area contributed by atoms with Gasteiger partial charge in [-0.15, -0.1) is 11.3 Å². The fourth-order valence-electron chi connectivity index (χ4n) is 4.32. The summed E-state index contributed by atoms with van der Waals surface area (Å²) in [6, 6.07) is 19.2. The topological polar surface area (TPSA) is 67.8 Å². The van der Waals surface area contributed by atoms with Gasteiger partial charge in [-0.2, -0.15) is 4.31 Å². The fourth-order valence-corrected chi connectivity index (χ4v) is 6.76. The van der Waals surface area contributed by atoms with E-state index in [1.165, 1.54) is 5.56 Å². The number of furan rings is 1. The van der Waals surface area contributed by atoms with Crippen LogP contribution in [0.4, 0.5) is 5.69 Å². The third kappa shape index (κ3) is 5.34. The number of aromatic nitrogens is 1. The van der Waals surface area contributed by atoms with Crippen molar-refractivity contribution in [3.63, 3.8) is 0 Å². The Labute approximate surface area is 210 Å². The average molecular weight is 508 g/mol. The van der Waals surface area contributed by atoms with Gasteiger partial charge in [-0.1, -0.05) is 42.7 Å². The molecule has 0 unspecified atom stereocenters. The molecule has 0 radical (unpaired) electrons. The molecule has 182 valence electrons. The number of thiazole rings is 1. The Morgan fingerprint density at radius 1 is 0.943 bits per heavy atom. The maximum atomic E-state index is 13.2. The zero-order valence-corrected chi connectivity index (χ0v) is 21.4. The van der Waals surface area contributed by atoms with Gasteiger partial charge < -0.3 is 8.98 Å². The molecule has 0 bridgehead atoms. The molecule has 0 amide bonds. The summed E-state index contributed by atoms with van der Waals surface area (Å²) in [5.74, 6) is 0.829. The zero-order valence-electron chi connectivity index (χ0n) is 19.8. The Kier molecular flexibility index (Phi) is 7.04. The van der Waals surface area contributed by atoms with E-state index in [0.717, 1.165) is 53.2 Å². The van der Waals surface area contributed by atoms with Crippen LogP contribution in [-0.4, -0.2) is 30.4 Å². The first kappa shape index (κ1) is 23.8. The highest BCUT2D eigenvalue weighted by atomic mass is 32.2. The largest absolute Gasteiger partial charge is 0.467 e. The molecule has 0 aliphatic carbocycles. The van der Waals surface area contributed by atoms with Gasteiger partial charge in [0.05, 0.1) is 29.1 Å². The molecular weight excluding hydrogens is 478 g/mol. The summed E-state index contributed by atoms with van der Waals surface area (Å²) in [5.41, 5.74) is 3.98. The minimum absolute atomic E-state index is 0.348. The maximum absolute atomic E-state index is 13.2. The molecule has 0 spiro atoms. The van der Waals surface area contributed by atoms with Crippen molar-refractivity contribution >= 4 is 27.0 Å². The molecule has 1 aliphatic heterocycles. The Balaban J connectivity index is 1.50. The van der Waals surface area contributed by atoms with E-state index in [-0.39, 0.29) is 0 Å². The molecule has 1 saturated heterocycles. The molecule has 2 aromatic heterocycles. The van der Waals surface area contributed by atoms with Crippen LogP contribution < -0.4 is 4.80 Å². The molecule has 4 aromatic rings. The number of benzene rings is 2. The molecule has 0 N–H and O–H groups in total. The van der Waals surface area contributed by atoms with Gasteiger partial charge in [0.1, 0.15) is 5.76 Å². The summed E-state index contributed by atoms with van der Waals surface area (Å²) in [4.78, 5) is 6.07. The second-order valence-electron chi connectivity index (χ2n) is 8.86. The van der Waals surface area contributed by atoms with Gasteiger partial charge in [-0.05, 0) is 61.7 Å². The van der Waals surface area contributed by atoms with Gasteiger partial charge >= 0.3 is 0 Å². The lowest BCUT2D eigenvalue weighted by Crippen LogP contribution is -2.31. The molecule has 5 rings (SSSR count). The third-order valence-corrected chi connectivity index (χ3v) is 9.08. The third-order valence-electron chi connectivity index (χ3n) is 6.30. The Morgan fingerprint density at radius 3 is 2.31 bits per heavy atom. The van der Waals surface area contributed by atoms with Crippen molar-refractivity contribution in [2.24, 2.45) is 4.99 Å². The first-order chi connectivity index (χ1) is 17.0. The molecular formula is C27H29N3O3S2. The van der Waals surface area contributed by atoms with Crippen LogP contribution in [0.2, 0.25) is 0 Å². The Bertz CT molecular complexity index is 1420. The average Bonchev–Trinajstić information content (AvgIpc) is 3.42. The van der Waals surface area contributed by atoms with Crippen LogP contribution in [0.3, 0.4) is 0 Å². The number of hydrogen-bond donors (Lipinski definition) is 0. The quantitative estimate of drug-likeness (QED) is 0.323. The second-order valence-corrected chi connectivity index (χ2v) is 11.6. The van der Waals surface area contributed by atoms with E-state index in [1.807, 2.05) is 48.5 Å². The summed E-state index contributed by atoms with van der Waals surface area (Å²) in [6.07, 6.45) is 5.70. The van der Waals surface area contributed by atoms with Gasteiger partial charge in [0.15, 0.2) is 4.80 Å². The number of sulfonamides is 1. The van der Waals surface area contributed by atoms with Crippen LogP contribution >= 0.6 is 11.3 Å². The molecule has 6 nitrogen and oxygen atoms in total. The highest BCUT2D eigenvalue weighted by Gasteiger charge is 2.25. The lowest BCUT2D eigenvalue weighted by Gasteiger charge is -2.20. The van der Waals surface area contributed by atoms with Crippen LogP contribution in [0.1, 0.15) is 37.0 Å². The molecule has 0 atom stereocenters. The molecule has 3 heterocycles. The van der Waals surface area contributed by atoms with E-state index in [0.29, 0.717) is 24.5 Å². The minimum atomic E-state index is -3.48. The lowest BCUT2D eigenvalue weighted by molar-refractivity contribution is 0.424. The Hall–Kier alpha value is -2.94. The van der Waals surface area contributed by atoms with Crippen molar-refractivity contribution in [2.45, 2.75) is 44.0 Å². The van der Waals surface area contributed by atoms with Crippen molar-refractivity contribution in [2.75, 3.05) is 13.1 Å². The van der Waals surface area contributed by atoms with Crippen molar-refractivity contribution in [3.8, 4) is 11.3 Å². The van der Waals surface area contributed by atoms with E-state index in [1.54, 1.807) is 34.0 Å². The van der Waals surface area contributed by atoms with E-state index >= 15 is 0 Å². The van der Waals surface area contributed by atoms with Crippen LogP contribution in [0, 0.1) is 6.92 Å². The maximum Gasteiger partial charge on any atom is 0.243 e. The smallest absolute Gasteiger partial charge is 0.243 e. The van der Waals surface area contributed by atoms with Crippen molar-refractivity contribution in [1.29, 1.82) is 0 Å². The summed E-state index contributed by atoms with van der Waals surface area (Å²) >= 11 is 1.55. The standard InChI is InChI=1S/C27H29N3O3S2/c1-21-8-12-23(13-9-21)28-27-30(19-24-7-6-18-33-24)26(20-34-27)22-10-14-25(15-11-22)35(31,32)29-16-4-2-3-5-17-29/h6-15,18,20H,2-5,16-17,19H2,1H3. The summed E-state index contributed by atoms with van der Waals surface area (Å²) in [5, 5.41) is 2.06. The number of rotatable bonds is 6. The van der Waals surface area contributed by atoms with Crippen molar-refractivity contribution in [3.05, 3.63) is 88.4 Å². The lowest BCUT2D eigenvalue weighted by atomic mass is 10.2. The van der Waals surface area contributed by atoms with Crippen LogP contribution in [-0.2, 0) is 16.6 Å². The molecule has 1 aliphatic rings. The molecule has 8 heteroatoms. The first-order valence-corrected chi connectivity index (χ1v) is 14.3. The SMILES string of the molecule is Cc1ccc(N=c2scc(-c3ccc(S(=O)(=O)N4CCCCCC4)cc3)n2Cc2ccco2)cc1. The van der Waals surface area contributed by atoms with Gasteiger partial charge in [-0.25, -0.2) is 13.4 Å². The van der Waals surface area contributed by atoms with Crippen LogP contribution in [0.25, 0.3) is 11.3 Å². The second kappa shape index (κ2) is 10.4. The monoisotopic (exact) mass is 507 g/mol. The minimum Gasteiger partial charge on any atom is -0.467 e. The number of aryl methyl sites for hydroxylation is 1. The summed E-state index contributed by atoms with van der Waals surface area (Å²) in [6.45, 7) is 3.79. The predicted molar refractivity (Wildman–Crippen MR) is 139 cm³/mol. The van der Waals surface area contributed by atoms with Gasteiger partial charge in [0, 0.05) is 18.5 Å². The normalized spacial score (nSPS) is 15.9. The van der Waals surface area contributed by atoms with E-state index in [4.69, 9.17) is 9.41 Å². The van der Waals surface area contributed by atoms with Crippen molar-refractivity contribution < 1.29 is 12.8 Å². The molecule has 0 saturated carbocycles. The van der Waals surface area contributed by atoms with E-state index < -0.39 is 10.0 Å². The molecule has 1 fully saturated rings. The summed E-state index contributed by atoms with van der Waals surface area (Å²) < 4.78 is 35.7. The molecule has 2 aromatic carbocycles. The first-order valence-electron chi connectivity index (χ1n) is 11.9. The predicted octanol–water partition coefficient (Wildman–Crippen LogP) is 5.96. The number of hydrogen-bond acceptors (Lipinski definition) is 5. The Morgan fingerprint density at radius 2 is 1.66 bits per heavy atom. The highest BCUT2D eigenvalue weighted by molar-refractivity contribution is 7.89. The van der Waals surface area contributed by atoms with Crippen LogP contribution in [0.15, 0.2) is 86.6 Å². The highest BCUT2D eigenvalue weighted by Crippen LogP contribution is 2.26. The van der Waals surface area contributed by atoms with Crippen molar-refractivity contribution in [1.82, 2.24) is 8.87 Å². The zero-order chi connectivity index (χ0) is 24.3. The van der Waals surface area contributed by atoms with Gasteiger partial charge in [0.25, 0.3) is 0 Å². The van der Waals surface area contributed by atoms with Crippen LogP contribution in [0.5, 0.6) is 0 Å². The fraction of sp³-hybridized carbons (Fsp3) is 0.296. The summed E-state index contributed by atoms with van der Waals surface area (Å²) in [7, 11) is -3.48. The van der Waals surface area contributed by atoms with E-state index in [2.05, 4.69) is 16.9 Å². The number of nitrogens with zero attached hydrogens (tertiary/aromatic N) is 3. The van der Waals surface area contributed by atoms with Gasteiger partial charge in [0.2, 0.25) is 10.0 Å².